The fourth-order valence-corrected chi connectivity index (χ4v) is 4.23. The summed E-state index contributed by atoms with van der Waals surface area (Å²) in [4.78, 5) is 14.8. The van der Waals surface area contributed by atoms with E-state index in [9.17, 15) is 10.1 Å². The number of amides is 1. The van der Waals surface area contributed by atoms with Crippen LogP contribution in [0.5, 0.6) is 0 Å². The van der Waals surface area contributed by atoms with Crippen molar-refractivity contribution in [2.75, 3.05) is 13.1 Å². The standard InChI is InChI=1S/C20H28BrN3O/c1-3-13-24(16(2)17-9-5-6-10-18(17)21)14-19(25)23-20(15-22)11-7-4-8-12-20/h5-6,9-10,16H,3-4,7-8,11-14H2,1-2H3,(H,23,25). The average molecular weight is 406 g/mol. The monoisotopic (exact) mass is 405 g/mol. The molecule has 25 heavy (non-hydrogen) atoms. The third kappa shape index (κ3) is 5.29. The highest BCUT2D eigenvalue weighted by molar-refractivity contribution is 9.10. The van der Waals surface area contributed by atoms with Crippen molar-refractivity contribution in [3.63, 3.8) is 0 Å². The van der Waals surface area contributed by atoms with Crippen LogP contribution in [-0.2, 0) is 4.79 Å². The second-order valence-corrected chi connectivity index (χ2v) is 7.83. The Kier molecular flexibility index (Phi) is 7.46. The number of benzene rings is 1. The van der Waals surface area contributed by atoms with Gasteiger partial charge < -0.3 is 5.32 Å². The minimum atomic E-state index is -0.663. The van der Waals surface area contributed by atoms with Gasteiger partial charge in [-0.25, -0.2) is 0 Å². The number of nitrogens with one attached hydrogen (secondary N) is 1. The third-order valence-electron chi connectivity index (χ3n) is 5.06. The molecule has 136 valence electrons. The number of rotatable bonds is 7. The molecule has 0 heterocycles. The molecular weight excluding hydrogens is 378 g/mol. The second kappa shape index (κ2) is 9.35. The number of carbonyl (C=O) groups is 1. The molecule has 1 N–H and O–H groups in total. The number of hydrogen-bond donors (Lipinski definition) is 1. The van der Waals surface area contributed by atoms with Gasteiger partial charge in [0, 0.05) is 10.5 Å². The van der Waals surface area contributed by atoms with Crippen molar-refractivity contribution >= 4 is 21.8 Å². The van der Waals surface area contributed by atoms with Crippen molar-refractivity contribution in [2.45, 2.75) is 64.0 Å². The summed E-state index contributed by atoms with van der Waals surface area (Å²) in [6.07, 6.45) is 5.69. The van der Waals surface area contributed by atoms with E-state index < -0.39 is 5.54 Å². The molecule has 0 bridgehead atoms. The van der Waals surface area contributed by atoms with Crippen LogP contribution in [0, 0.1) is 11.3 Å². The van der Waals surface area contributed by atoms with E-state index in [0.717, 1.165) is 49.5 Å². The van der Waals surface area contributed by atoms with Crippen molar-refractivity contribution in [1.29, 1.82) is 5.26 Å². The lowest BCUT2D eigenvalue weighted by molar-refractivity contribution is -0.124. The summed E-state index contributed by atoms with van der Waals surface area (Å²) in [6, 6.07) is 10.6. The first kappa shape index (κ1) is 19.9. The van der Waals surface area contributed by atoms with E-state index >= 15 is 0 Å². The van der Waals surface area contributed by atoms with Crippen LogP contribution in [0.15, 0.2) is 28.7 Å². The first-order chi connectivity index (χ1) is 12.0. The van der Waals surface area contributed by atoms with Gasteiger partial charge in [-0.2, -0.15) is 5.26 Å². The van der Waals surface area contributed by atoms with Crippen LogP contribution in [-0.4, -0.2) is 29.4 Å². The highest BCUT2D eigenvalue weighted by Gasteiger charge is 2.34. The van der Waals surface area contributed by atoms with Gasteiger partial charge >= 0.3 is 0 Å². The van der Waals surface area contributed by atoms with Crippen LogP contribution >= 0.6 is 15.9 Å². The topological polar surface area (TPSA) is 56.1 Å². The van der Waals surface area contributed by atoms with E-state index in [1.807, 2.05) is 18.2 Å². The average Bonchev–Trinajstić information content (AvgIpc) is 2.62. The van der Waals surface area contributed by atoms with Crippen LogP contribution in [0.3, 0.4) is 0 Å². The lowest BCUT2D eigenvalue weighted by atomic mass is 9.83. The fraction of sp³-hybridized carbons (Fsp3) is 0.600. The summed E-state index contributed by atoms with van der Waals surface area (Å²) in [5, 5.41) is 12.6. The molecule has 5 heteroatoms. The Labute approximate surface area is 159 Å². The maximum atomic E-state index is 12.7. The van der Waals surface area contributed by atoms with Gasteiger partial charge in [-0.15, -0.1) is 0 Å². The van der Waals surface area contributed by atoms with Crippen molar-refractivity contribution in [1.82, 2.24) is 10.2 Å². The first-order valence-corrected chi connectivity index (χ1v) is 10.0. The van der Waals surface area contributed by atoms with E-state index in [2.05, 4.69) is 52.1 Å². The summed E-state index contributed by atoms with van der Waals surface area (Å²) < 4.78 is 1.06. The van der Waals surface area contributed by atoms with Gasteiger partial charge in [0.05, 0.1) is 12.6 Å². The van der Waals surface area contributed by atoms with Gasteiger partial charge in [0.25, 0.3) is 0 Å². The van der Waals surface area contributed by atoms with Crippen molar-refractivity contribution in [2.24, 2.45) is 0 Å². The van der Waals surface area contributed by atoms with Gasteiger partial charge in [-0.3, -0.25) is 9.69 Å². The van der Waals surface area contributed by atoms with Gasteiger partial charge in [-0.05, 0) is 44.4 Å². The van der Waals surface area contributed by atoms with E-state index in [0.29, 0.717) is 6.54 Å². The van der Waals surface area contributed by atoms with Crippen LogP contribution in [0.1, 0.15) is 64.0 Å². The zero-order chi connectivity index (χ0) is 18.3. The second-order valence-electron chi connectivity index (χ2n) is 6.97. The van der Waals surface area contributed by atoms with Crippen LogP contribution in [0.4, 0.5) is 0 Å². The zero-order valence-electron chi connectivity index (χ0n) is 15.2. The lowest BCUT2D eigenvalue weighted by Gasteiger charge is -2.34. The molecule has 1 aromatic rings. The molecule has 2 rings (SSSR count). The van der Waals surface area contributed by atoms with E-state index in [-0.39, 0.29) is 11.9 Å². The fourth-order valence-electron chi connectivity index (χ4n) is 3.62. The summed E-state index contributed by atoms with van der Waals surface area (Å²) in [5.74, 6) is -0.0456. The molecule has 1 amide bonds. The smallest absolute Gasteiger partial charge is 0.235 e. The molecule has 1 aliphatic carbocycles. The SMILES string of the molecule is CCCN(CC(=O)NC1(C#N)CCCCC1)C(C)c1ccccc1Br. The molecule has 0 radical (unpaired) electrons. The number of hydrogen-bond acceptors (Lipinski definition) is 3. The molecule has 0 saturated heterocycles. The Morgan fingerprint density at radius 1 is 1.36 bits per heavy atom. The number of carbonyl (C=O) groups excluding carboxylic acids is 1. The van der Waals surface area contributed by atoms with Crippen molar-refractivity contribution in [3.05, 3.63) is 34.3 Å². The minimum Gasteiger partial charge on any atom is -0.337 e. The zero-order valence-corrected chi connectivity index (χ0v) is 16.8. The first-order valence-electron chi connectivity index (χ1n) is 9.22. The summed E-state index contributed by atoms with van der Waals surface area (Å²) in [5.41, 5.74) is 0.514. The lowest BCUT2D eigenvalue weighted by Crippen LogP contribution is -2.51. The number of nitrogens with zero attached hydrogens (tertiary/aromatic N) is 2. The largest absolute Gasteiger partial charge is 0.337 e. The van der Waals surface area contributed by atoms with E-state index in [4.69, 9.17) is 0 Å². The molecule has 1 aliphatic rings. The Morgan fingerprint density at radius 3 is 2.64 bits per heavy atom. The minimum absolute atomic E-state index is 0.0456. The molecule has 1 unspecified atom stereocenters. The molecule has 1 atom stereocenters. The molecule has 1 fully saturated rings. The summed E-state index contributed by atoms with van der Waals surface area (Å²) in [6.45, 7) is 5.41. The normalized spacial score (nSPS) is 17.7. The Morgan fingerprint density at radius 2 is 2.04 bits per heavy atom. The predicted octanol–water partition coefficient (Wildman–Crippen LogP) is 4.56. The molecule has 1 saturated carbocycles. The predicted molar refractivity (Wildman–Crippen MR) is 104 cm³/mol. The van der Waals surface area contributed by atoms with E-state index in [1.54, 1.807) is 0 Å². The Hall–Kier alpha value is -1.38. The van der Waals surface area contributed by atoms with Crippen LogP contribution in [0.2, 0.25) is 0 Å². The van der Waals surface area contributed by atoms with Crippen LogP contribution < -0.4 is 5.32 Å². The van der Waals surface area contributed by atoms with Crippen molar-refractivity contribution in [3.8, 4) is 6.07 Å². The van der Waals surface area contributed by atoms with Gasteiger partial charge in [0.1, 0.15) is 5.54 Å². The Bertz CT molecular complexity index is 620. The molecule has 1 aromatic carbocycles. The maximum absolute atomic E-state index is 12.7. The van der Waals surface area contributed by atoms with Gasteiger partial charge in [-0.1, -0.05) is 60.3 Å². The summed E-state index contributed by atoms with van der Waals surface area (Å²) in [7, 11) is 0. The molecule has 4 nitrogen and oxygen atoms in total. The van der Waals surface area contributed by atoms with Gasteiger partial charge in [0.15, 0.2) is 0 Å². The number of halogens is 1. The highest BCUT2D eigenvalue weighted by atomic mass is 79.9. The molecule has 0 spiro atoms. The highest BCUT2D eigenvalue weighted by Crippen LogP contribution is 2.29. The summed E-state index contributed by atoms with van der Waals surface area (Å²) >= 11 is 3.61. The molecule has 0 aromatic heterocycles. The Balaban J connectivity index is 2.06. The number of nitriles is 1. The molecular formula is C20H28BrN3O. The van der Waals surface area contributed by atoms with Crippen LogP contribution in [0.25, 0.3) is 0 Å². The quantitative estimate of drug-likeness (QED) is 0.722. The molecule has 0 aliphatic heterocycles. The third-order valence-corrected chi connectivity index (χ3v) is 5.78. The van der Waals surface area contributed by atoms with E-state index in [1.165, 1.54) is 5.56 Å². The maximum Gasteiger partial charge on any atom is 0.235 e. The van der Waals surface area contributed by atoms with Gasteiger partial charge in [0.2, 0.25) is 5.91 Å². The van der Waals surface area contributed by atoms with Crippen molar-refractivity contribution < 1.29 is 4.79 Å².